The lowest BCUT2D eigenvalue weighted by molar-refractivity contribution is -0.120. The number of carbonyl (C=O) groups is 2. The third-order valence-corrected chi connectivity index (χ3v) is 8.07. The van der Waals surface area contributed by atoms with Gasteiger partial charge >= 0.3 is 5.97 Å². The second-order valence-electron chi connectivity index (χ2n) is 7.92. The lowest BCUT2D eigenvalue weighted by atomic mass is 9.98. The van der Waals surface area contributed by atoms with Crippen LogP contribution in [-0.4, -0.2) is 59.0 Å². The topological polar surface area (TPSA) is 111 Å². The van der Waals surface area contributed by atoms with Crippen LogP contribution in [0.2, 0.25) is 10.0 Å². The van der Waals surface area contributed by atoms with Crippen LogP contribution in [0.3, 0.4) is 0 Å². The van der Waals surface area contributed by atoms with Crippen molar-refractivity contribution < 1.29 is 32.2 Å². The first-order valence-electron chi connectivity index (χ1n) is 10.7. The standard InChI is InChI=1S/C23H26Cl2N2O7S/c1-32-20-10-17(23(29)34-3)19(11-21(20)33-2)26-22(28)14-5-4-8-27(12-14)35(30,31)13-15-6-7-16(24)9-18(15)25/h6-7,9-11,14H,4-5,8,12-13H2,1-3H3,(H,26,28). The smallest absolute Gasteiger partial charge is 0.340 e. The van der Waals surface area contributed by atoms with Crippen LogP contribution < -0.4 is 14.8 Å². The molecule has 1 amide bonds. The van der Waals surface area contributed by atoms with Crippen LogP contribution in [0.25, 0.3) is 0 Å². The highest BCUT2D eigenvalue weighted by Gasteiger charge is 2.33. The molecule has 1 fully saturated rings. The Balaban J connectivity index is 1.79. The van der Waals surface area contributed by atoms with Crippen molar-refractivity contribution in [2.24, 2.45) is 5.92 Å². The maximum absolute atomic E-state index is 13.1. The number of hydrogen-bond acceptors (Lipinski definition) is 7. The fourth-order valence-electron chi connectivity index (χ4n) is 3.83. The van der Waals surface area contributed by atoms with Crippen molar-refractivity contribution in [3.05, 3.63) is 51.5 Å². The number of nitrogens with one attached hydrogen (secondary N) is 1. The van der Waals surface area contributed by atoms with E-state index in [1.807, 2.05) is 0 Å². The van der Waals surface area contributed by atoms with Crippen LogP contribution in [0.4, 0.5) is 5.69 Å². The molecular formula is C23H26Cl2N2O7S. The molecule has 0 aromatic heterocycles. The summed E-state index contributed by atoms with van der Waals surface area (Å²) in [7, 11) is 0.333. The molecule has 0 aliphatic carbocycles. The molecule has 1 aliphatic heterocycles. The third kappa shape index (κ3) is 6.38. The van der Waals surface area contributed by atoms with Gasteiger partial charge < -0.3 is 19.5 Å². The first kappa shape index (κ1) is 27.1. The van der Waals surface area contributed by atoms with Gasteiger partial charge in [-0.25, -0.2) is 17.5 Å². The lowest BCUT2D eigenvalue weighted by Gasteiger charge is -2.31. The minimum atomic E-state index is -3.74. The molecule has 1 saturated heterocycles. The van der Waals surface area contributed by atoms with E-state index in [2.05, 4.69) is 5.32 Å². The van der Waals surface area contributed by atoms with E-state index in [1.165, 1.54) is 43.8 Å². The number of sulfonamides is 1. The summed E-state index contributed by atoms with van der Waals surface area (Å²) in [6, 6.07) is 7.51. The van der Waals surface area contributed by atoms with Gasteiger partial charge in [0.15, 0.2) is 11.5 Å². The van der Waals surface area contributed by atoms with E-state index in [0.717, 1.165) is 0 Å². The van der Waals surface area contributed by atoms with Crippen LogP contribution in [0.1, 0.15) is 28.8 Å². The number of amides is 1. The number of halogens is 2. The number of anilines is 1. The van der Waals surface area contributed by atoms with E-state index in [9.17, 15) is 18.0 Å². The number of nitrogens with zero attached hydrogens (tertiary/aromatic N) is 1. The van der Waals surface area contributed by atoms with Gasteiger partial charge in [-0.2, -0.15) is 0 Å². The molecule has 1 aliphatic rings. The lowest BCUT2D eigenvalue weighted by Crippen LogP contribution is -2.44. The van der Waals surface area contributed by atoms with Crippen molar-refractivity contribution in [3.8, 4) is 11.5 Å². The summed E-state index contributed by atoms with van der Waals surface area (Å²) < 4.78 is 42.7. The number of methoxy groups -OCH3 is 3. The van der Waals surface area contributed by atoms with Crippen molar-refractivity contribution >= 4 is 50.8 Å². The fourth-order valence-corrected chi connectivity index (χ4v) is 6.03. The maximum Gasteiger partial charge on any atom is 0.340 e. The molecule has 12 heteroatoms. The Labute approximate surface area is 214 Å². The van der Waals surface area contributed by atoms with Gasteiger partial charge in [-0.3, -0.25) is 4.79 Å². The number of ether oxygens (including phenoxy) is 3. The molecule has 9 nitrogen and oxygen atoms in total. The average Bonchev–Trinajstić information content (AvgIpc) is 2.85. The minimum absolute atomic E-state index is 0.000221. The molecule has 0 radical (unpaired) electrons. The highest BCUT2D eigenvalue weighted by Crippen LogP contribution is 2.34. The molecule has 190 valence electrons. The minimum Gasteiger partial charge on any atom is -0.493 e. The molecule has 0 bridgehead atoms. The quantitative estimate of drug-likeness (QED) is 0.500. The Hall–Kier alpha value is -2.53. The van der Waals surface area contributed by atoms with Crippen molar-refractivity contribution in [2.75, 3.05) is 39.7 Å². The highest BCUT2D eigenvalue weighted by molar-refractivity contribution is 7.88. The van der Waals surface area contributed by atoms with Crippen molar-refractivity contribution in [2.45, 2.75) is 18.6 Å². The molecule has 1 heterocycles. The van der Waals surface area contributed by atoms with Crippen molar-refractivity contribution in [3.63, 3.8) is 0 Å². The van der Waals surface area contributed by atoms with Gasteiger partial charge in [0.25, 0.3) is 0 Å². The summed E-state index contributed by atoms with van der Waals surface area (Å²) in [5.41, 5.74) is 0.680. The first-order chi connectivity index (χ1) is 16.6. The summed E-state index contributed by atoms with van der Waals surface area (Å²) in [6.45, 7) is 0.293. The largest absolute Gasteiger partial charge is 0.493 e. The van der Waals surface area contributed by atoms with Gasteiger partial charge in [0.2, 0.25) is 15.9 Å². The zero-order valence-electron chi connectivity index (χ0n) is 19.5. The molecule has 0 saturated carbocycles. The Morgan fingerprint density at radius 2 is 1.77 bits per heavy atom. The average molecular weight is 545 g/mol. The third-order valence-electron chi connectivity index (χ3n) is 5.69. The number of hydrogen-bond donors (Lipinski definition) is 1. The zero-order valence-corrected chi connectivity index (χ0v) is 21.8. The number of benzene rings is 2. The van der Waals surface area contributed by atoms with Gasteiger partial charge in [-0.1, -0.05) is 29.3 Å². The van der Waals surface area contributed by atoms with E-state index >= 15 is 0 Å². The number of piperidine rings is 1. The summed E-state index contributed by atoms with van der Waals surface area (Å²) in [6.07, 6.45) is 0.988. The molecule has 1 atom stereocenters. The van der Waals surface area contributed by atoms with Gasteiger partial charge in [0.1, 0.15) is 0 Å². The number of rotatable bonds is 8. The van der Waals surface area contributed by atoms with E-state index in [0.29, 0.717) is 41.5 Å². The van der Waals surface area contributed by atoms with Crippen molar-refractivity contribution in [1.82, 2.24) is 4.31 Å². The summed E-state index contributed by atoms with van der Waals surface area (Å²) in [5, 5.41) is 3.40. The van der Waals surface area contributed by atoms with E-state index < -0.39 is 27.8 Å². The molecule has 35 heavy (non-hydrogen) atoms. The molecule has 3 rings (SSSR count). The zero-order chi connectivity index (χ0) is 25.8. The van der Waals surface area contributed by atoms with Crippen LogP contribution in [-0.2, 0) is 25.3 Å². The highest BCUT2D eigenvalue weighted by atomic mass is 35.5. The van der Waals surface area contributed by atoms with Crippen LogP contribution >= 0.6 is 23.2 Å². The van der Waals surface area contributed by atoms with Gasteiger partial charge in [0.05, 0.1) is 44.3 Å². The summed E-state index contributed by atoms with van der Waals surface area (Å²) in [4.78, 5) is 25.4. The monoisotopic (exact) mass is 544 g/mol. The molecule has 1 unspecified atom stereocenters. The van der Waals surface area contributed by atoms with E-state index in [-0.39, 0.29) is 28.6 Å². The Bertz CT molecular complexity index is 1220. The second kappa shape index (κ2) is 11.5. The molecular weight excluding hydrogens is 519 g/mol. The first-order valence-corrected chi connectivity index (χ1v) is 13.0. The van der Waals surface area contributed by atoms with Gasteiger partial charge in [0, 0.05) is 35.3 Å². The molecule has 1 N–H and O–H groups in total. The summed E-state index contributed by atoms with van der Waals surface area (Å²) in [5.74, 6) is -1.43. The van der Waals surface area contributed by atoms with Gasteiger partial charge in [-0.15, -0.1) is 0 Å². The summed E-state index contributed by atoms with van der Waals surface area (Å²) >= 11 is 12.1. The SMILES string of the molecule is COC(=O)c1cc(OC)c(OC)cc1NC(=O)C1CCCN(S(=O)(=O)Cc2ccc(Cl)cc2Cl)C1. The van der Waals surface area contributed by atoms with Crippen molar-refractivity contribution in [1.29, 1.82) is 0 Å². The Morgan fingerprint density at radius 1 is 1.09 bits per heavy atom. The van der Waals surface area contributed by atoms with E-state index in [1.54, 1.807) is 12.1 Å². The number of carbonyl (C=O) groups excluding carboxylic acids is 2. The molecule has 0 spiro atoms. The van der Waals surface area contributed by atoms with Crippen LogP contribution in [0, 0.1) is 5.92 Å². The van der Waals surface area contributed by atoms with Crippen LogP contribution in [0.5, 0.6) is 11.5 Å². The molecule has 2 aromatic carbocycles. The number of esters is 1. The van der Waals surface area contributed by atoms with Gasteiger partial charge in [-0.05, 0) is 30.5 Å². The molecule has 2 aromatic rings. The normalized spacial score (nSPS) is 16.4. The second-order valence-corrected chi connectivity index (χ2v) is 10.7. The Kier molecular flexibility index (Phi) is 8.87. The van der Waals surface area contributed by atoms with E-state index in [4.69, 9.17) is 37.4 Å². The maximum atomic E-state index is 13.1. The Morgan fingerprint density at radius 3 is 2.40 bits per heavy atom. The predicted octanol–water partition coefficient (Wildman–Crippen LogP) is 3.98. The van der Waals surface area contributed by atoms with Crippen LogP contribution in [0.15, 0.2) is 30.3 Å². The predicted molar refractivity (Wildman–Crippen MR) is 133 cm³/mol. The fraction of sp³-hybridized carbons (Fsp3) is 0.391.